The van der Waals surface area contributed by atoms with Crippen LogP contribution in [0.1, 0.15) is 21.5 Å². The van der Waals surface area contributed by atoms with E-state index in [9.17, 15) is 9.18 Å². The van der Waals surface area contributed by atoms with Gasteiger partial charge in [-0.1, -0.05) is 24.3 Å². The molecule has 1 aromatic carbocycles. The summed E-state index contributed by atoms with van der Waals surface area (Å²) < 4.78 is 13.3. The normalized spacial score (nSPS) is 10.5. The minimum atomic E-state index is -0.445. The Morgan fingerprint density at radius 1 is 0.906 bits per heavy atom. The lowest BCUT2D eigenvalue weighted by atomic mass is 10.1. The van der Waals surface area contributed by atoms with Gasteiger partial charge in [-0.05, 0) is 47.0 Å². The van der Waals surface area contributed by atoms with Crippen molar-refractivity contribution in [3.63, 3.8) is 0 Å². The summed E-state index contributed by atoms with van der Waals surface area (Å²) in [5.41, 5.74) is 9.66. The summed E-state index contributed by atoms with van der Waals surface area (Å²) in [6.07, 6.45) is 5.98. The summed E-state index contributed by atoms with van der Waals surface area (Å²) in [5, 5.41) is 5.98. The predicted molar refractivity (Wildman–Crippen MR) is 121 cm³/mol. The van der Waals surface area contributed by atoms with Gasteiger partial charge in [-0.3, -0.25) is 9.78 Å². The molecule has 3 aromatic heterocycles. The van der Waals surface area contributed by atoms with Crippen LogP contribution in [0.4, 0.5) is 16.0 Å². The number of carbonyl (C=O) groups excluding carboxylic acids is 1. The van der Waals surface area contributed by atoms with Gasteiger partial charge in [0, 0.05) is 37.2 Å². The fourth-order valence-corrected chi connectivity index (χ4v) is 3.14. The molecular formula is C24H21FN6O. The highest BCUT2D eigenvalue weighted by Crippen LogP contribution is 2.20. The van der Waals surface area contributed by atoms with Crippen molar-refractivity contribution in [1.29, 1.82) is 0 Å². The molecular weight excluding hydrogens is 407 g/mol. The number of nitrogen functional groups attached to an aromatic ring is 1. The van der Waals surface area contributed by atoms with E-state index >= 15 is 0 Å². The van der Waals surface area contributed by atoms with E-state index in [1.54, 1.807) is 30.6 Å². The largest absolute Gasteiger partial charge is 0.384 e. The Labute approximate surface area is 184 Å². The molecule has 4 rings (SSSR count). The lowest BCUT2D eigenvalue weighted by Gasteiger charge is -2.12. The maximum Gasteiger partial charge on any atom is 0.255 e. The second-order valence-electron chi connectivity index (χ2n) is 7.12. The van der Waals surface area contributed by atoms with Crippen LogP contribution in [0.25, 0.3) is 11.1 Å². The molecule has 8 heteroatoms. The van der Waals surface area contributed by atoms with E-state index in [-0.39, 0.29) is 12.5 Å². The smallest absolute Gasteiger partial charge is 0.255 e. The fourth-order valence-electron chi connectivity index (χ4n) is 3.14. The number of aromatic nitrogens is 3. The zero-order chi connectivity index (χ0) is 22.3. The van der Waals surface area contributed by atoms with Crippen molar-refractivity contribution >= 4 is 17.5 Å². The van der Waals surface area contributed by atoms with Gasteiger partial charge in [-0.25, -0.2) is 14.4 Å². The summed E-state index contributed by atoms with van der Waals surface area (Å²) in [5.74, 6) is 0.196. The standard InChI is InChI=1S/C24H21FN6O/c25-20-10-17(11-27-15-20)13-31-24(32)21-2-1-9-28-23(21)30-12-16-3-5-18(6-4-16)19-7-8-22(26)29-14-19/h1-11,14-15H,12-13H2,(H2,26,29)(H,28,30)(H,31,32). The second kappa shape index (κ2) is 9.65. The Bertz CT molecular complexity index is 1210. The minimum Gasteiger partial charge on any atom is -0.384 e. The number of hydrogen-bond donors (Lipinski definition) is 3. The molecule has 0 atom stereocenters. The van der Waals surface area contributed by atoms with Crippen LogP contribution in [0, 0.1) is 5.82 Å². The molecule has 0 fully saturated rings. The average Bonchev–Trinajstić information content (AvgIpc) is 2.82. The molecule has 0 aliphatic carbocycles. The third-order valence-corrected chi connectivity index (χ3v) is 4.80. The van der Waals surface area contributed by atoms with Crippen molar-refractivity contribution in [2.75, 3.05) is 11.1 Å². The number of rotatable bonds is 7. The number of carbonyl (C=O) groups is 1. The van der Waals surface area contributed by atoms with E-state index in [0.717, 1.165) is 22.9 Å². The lowest BCUT2D eigenvalue weighted by Crippen LogP contribution is -2.24. The molecule has 0 bridgehead atoms. The van der Waals surface area contributed by atoms with Crippen molar-refractivity contribution in [2.45, 2.75) is 13.1 Å². The summed E-state index contributed by atoms with van der Waals surface area (Å²) in [6.45, 7) is 0.658. The van der Waals surface area contributed by atoms with Crippen LogP contribution in [0.15, 0.2) is 79.4 Å². The average molecular weight is 428 g/mol. The van der Waals surface area contributed by atoms with Crippen LogP contribution in [-0.2, 0) is 13.1 Å². The van der Waals surface area contributed by atoms with E-state index in [4.69, 9.17) is 5.73 Å². The zero-order valence-corrected chi connectivity index (χ0v) is 17.1. The Morgan fingerprint density at radius 3 is 2.47 bits per heavy atom. The van der Waals surface area contributed by atoms with Crippen LogP contribution in [0.3, 0.4) is 0 Å². The maximum atomic E-state index is 13.3. The molecule has 3 heterocycles. The molecule has 160 valence electrons. The third-order valence-electron chi connectivity index (χ3n) is 4.80. The number of nitrogens with two attached hydrogens (primary N) is 1. The van der Waals surface area contributed by atoms with Crippen molar-refractivity contribution in [3.8, 4) is 11.1 Å². The van der Waals surface area contributed by atoms with E-state index in [2.05, 4.69) is 25.6 Å². The van der Waals surface area contributed by atoms with Gasteiger partial charge in [0.05, 0.1) is 11.8 Å². The molecule has 0 aliphatic rings. The van der Waals surface area contributed by atoms with Crippen molar-refractivity contribution in [3.05, 3.63) is 102 Å². The fraction of sp³-hybridized carbons (Fsp3) is 0.0833. The molecule has 1 amide bonds. The summed E-state index contributed by atoms with van der Waals surface area (Å²) >= 11 is 0. The van der Waals surface area contributed by atoms with Gasteiger partial charge >= 0.3 is 0 Å². The van der Waals surface area contributed by atoms with Crippen LogP contribution >= 0.6 is 0 Å². The molecule has 4 aromatic rings. The lowest BCUT2D eigenvalue weighted by molar-refractivity contribution is 0.0951. The molecule has 32 heavy (non-hydrogen) atoms. The Kier molecular flexibility index (Phi) is 6.31. The Morgan fingerprint density at radius 2 is 1.72 bits per heavy atom. The van der Waals surface area contributed by atoms with Gasteiger partial charge in [0.25, 0.3) is 5.91 Å². The number of nitrogens with zero attached hydrogens (tertiary/aromatic N) is 3. The number of amides is 1. The van der Waals surface area contributed by atoms with E-state index in [1.165, 1.54) is 12.3 Å². The molecule has 0 saturated carbocycles. The number of pyridine rings is 3. The Hall–Kier alpha value is -4.33. The zero-order valence-electron chi connectivity index (χ0n) is 17.1. The van der Waals surface area contributed by atoms with Crippen molar-refractivity contribution < 1.29 is 9.18 Å². The quantitative estimate of drug-likeness (QED) is 0.413. The van der Waals surface area contributed by atoms with Crippen LogP contribution in [0.2, 0.25) is 0 Å². The molecule has 0 saturated heterocycles. The molecule has 0 aliphatic heterocycles. The number of halogens is 1. The van der Waals surface area contributed by atoms with Gasteiger partial charge < -0.3 is 16.4 Å². The maximum absolute atomic E-state index is 13.3. The summed E-state index contributed by atoms with van der Waals surface area (Å²) in [4.78, 5) is 24.8. The first-order valence-corrected chi connectivity index (χ1v) is 9.96. The summed E-state index contributed by atoms with van der Waals surface area (Å²) in [7, 11) is 0. The highest BCUT2D eigenvalue weighted by Gasteiger charge is 2.12. The van der Waals surface area contributed by atoms with Crippen LogP contribution in [-0.4, -0.2) is 20.9 Å². The van der Waals surface area contributed by atoms with Gasteiger partial charge in [0.2, 0.25) is 0 Å². The number of anilines is 2. The molecule has 0 spiro atoms. The molecule has 0 unspecified atom stereocenters. The molecule has 7 nitrogen and oxygen atoms in total. The number of hydrogen-bond acceptors (Lipinski definition) is 6. The number of benzene rings is 1. The van der Waals surface area contributed by atoms with Crippen molar-refractivity contribution in [1.82, 2.24) is 20.3 Å². The highest BCUT2D eigenvalue weighted by molar-refractivity contribution is 5.98. The van der Waals surface area contributed by atoms with Gasteiger partial charge in [-0.15, -0.1) is 0 Å². The topological polar surface area (TPSA) is 106 Å². The first-order chi connectivity index (χ1) is 15.6. The van der Waals surface area contributed by atoms with Gasteiger partial charge in [-0.2, -0.15) is 0 Å². The van der Waals surface area contributed by atoms with Gasteiger partial charge in [0.15, 0.2) is 0 Å². The molecule has 4 N–H and O–H groups in total. The van der Waals surface area contributed by atoms with Crippen LogP contribution in [0.5, 0.6) is 0 Å². The first-order valence-electron chi connectivity index (χ1n) is 9.96. The van der Waals surface area contributed by atoms with Crippen LogP contribution < -0.4 is 16.4 Å². The SMILES string of the molecule is Nc1ccc(-c2ccc(CNc3ncccc3C(=O)NCc3cncc(F)c3)cc2)cn1. The van der Waals surface area contributed by atoms with E-state index in [1.807, 2.05) is 30.3 Å². The first kappa shape index (κ1) is 20.9. The van der Waals surface area contributed by atoms with E-state index in [0.29, 0.717) is 29.3 Å². The van der Waals surface area contributed by atoms with Gasteiger partial charge in [0.1, 0.15) is 17.5 Å². The predicted octanol–water partition coefficient (Wildman–Crippen LogP) is 3.80. The number of nitrogens with one attached hydrogen (secondary N) is 2. The Balaban J connectivity index is 1.39. The second-order valence-corrected chi connectivity index (χ2v) is 7.12. The minimum absolute atomic E-state index is 0.166. The highest BCUT2D eigenvalue weighted by atomic mass is 19.1. The third kappa shape index (κ3) is 5.23. The van der Waals surface area contributed by atoms with E-state index < -0.39 is 5.82 Å². The monoisotopic (exact) mass is 428 g/mol. The molecule has 0 radical (unpaired) electrons. The summed E-state index contributed by atoms with van der Waals surface area (Å²) in [6, 6.07) is 16.4. The van der Waals surface area contributed by atoms with Crippen molar-refractivity contribution in [2.24, 2.45) is 0 Å².